The number of fused-ring (bicyclic) bond motifs is 2. The molecule has 4 rings (SSSR count). The summed E-state index contributed by atoms with van der Waals surface area (Å²) in [5.41, 5.74) is 2.33. The average molecular weight is 326 g/mol. The van der Waals surface area contributed by atoms with E-state index in [0.717, 1.165) is 48.8 Å². The molecule has 2 aliphatic heterocycles. The largest absolute Gasteiger partial charge is 0.508 e. The molecule has 0 saturated carbocycles. The first-order valence-electron chi connectivity index (χ1n) is 8.19. The number of aromatic hydroxyl groups is 1. The Hall–Kier alpha value is -2.40. The number of piperidine rings is 1. The van der Waals surface area contributed by atoms with Crippen LogP contribution >= 0.6 is 0 Å². The van der Waals surface area contributed by atoms with E-state index in [1.807, 2.05) is 24.3 Å². The molecule has 4 nitrogen and oxygen atoms in total. The van der Waals surface area contributed by atoms with Crippen LogP contribution in [-0.4, -0.2) is 29.0 Å². The van der Waals surface area contributed by atoms with Gasteiger partial charge in [0.15, 0.2) is 0 Å². The highest BCUT2D eigenvalue weighted by Crippen LogP contribution is 2.44. The Bertz CT molecular complexity index is 777. The van der Waals surface area contributed by atoms with Gasteiger partial charge in [-0.3, -0.25) is 9.69 Å². The number of benzene rings is 2. The highest BCUT2D eigenvalue weighted by atomic mass is 19.1. The molecule has 2 heterocycles. The van der Waals surface area contributed by atoms with Crippen LogP contribution in [-0.2, 0) is 16.8 Å². The summed E-state index contributed by atoms with van der Waals surface area (Å²) in [7, 11) is 0. The number of anilines is 1. The molecule has 2 aromatic carbocycles. The van der Waals surface area contributed by atoms with Crippen molar-refractivity contribution in [2.75, 3.05) is 18.4 Å². The summed E-state index contributed by atoms with van der Waals surface area (Å²) < 4.78 is 13.4. The smallest absolute Gasteiger partial charge is 0.235 e. The molecule has 1 spiro atoms. The Balaban J connectivity index is 1.50. The van der Waals surface area contributed by atoms with Crippen LogP contribution in [0.15, 0.2) is 42.5 Å². The number of rotatable bonds is 2. The lowest BCUT2D eigenvalue weighted by Gasteiger charge is -2.38. The third-order valence-electron chi connectivity index (χ3n) is 5.18. The van der Waals surface area contributed by atoms with Gasteiger partial charge in [0.25, 0.3) is 0 Å². The first-order valence-corrected chi connectivity index (χ1v) is 8.19. The van der Waals surface area contributed by atoms with Crippen molar-refractivity contribution in [3.63, 3.8) is 0 Å². The van der Waals surface area contributed by atoms with Gasteiger partial charge in [0.2, 0.25) is 5.91 Å². The van der Waals surface area contributed by atoms with Crippen LogP contribution in [0.3, 0.4) is 0 Å². The topological polar surface area (TPSA) is 52.6 Å². The Kier molecular flexibility index (Phi) is 3.53. The molecule has 1 amide bonds. The molecular weight excluding hydrogens is 307 g/mol. The zero-order chi connectivity index (χ0) is 16.7. The van der Waals surface area contributed by atoms with Gasteiger partial charge in [0.05, 0.1) is 5.41 Å². The van der Waals surface area contributed by atoms with Gasteiger partial charge in [-0.05, 0) is 55.3 Å². The molecule has 0 aliphatic carbocycles. The molecule has 0 unspecified atom stereocenters. The second kappa shape index (κ2) is 5.60. The molecule has 124 valence electrons. The summed E-state index contributed by atoms with van der Waals surface area (Å²) in [5, 5.41) is 12.5. The van der Waals surface area contributed by atoms with Gasteiger partial charge in [-0.15, -0.1) is 0 Å². The minimum absolute atomic E-state index is 0.0532. The number of hydrogen-bond donors (Lipinski definition) is 2. The van der Waals surface area contributed by atoms with Crippen LogP contribution in [0.5, 0.6) is 5.75 Å². The van der Waals surface area contributed by atoms with Gasteiger partial charge >= 0.3 is 0 Å². The van der Waals surface area contributed by atoms with Crippen LogP contribution in [0.1, 0.15) is 24.0 Å². The van der Waals surface area contributed by atoms with Crippen LogP contribution < -0.4 is 5.32 Å². The van der Waals surface area contributed by atoms with E-state index in [4.69, 9.17) is 0 Å². The number of amides is 1. The molecular formula is C19H19FN2O2. The minimum Gasteiger partial charge on any atom is -0.508 e. The summed E-state index contributed by atoms with van der Waals surface area (Å²) >= 11 is 0. The first kappa shape index (κ1) is 15.1. The molecule has 2 N–H and O–H groups in total. The number of carbonyl (C=O) groups excluding carboxylic acids is 1. The van der Waals surface area contributed by atoms with Crippen molar-refractivity contribution in [2.45, 2.75) is 24.8 Å². The summed E-state index contributed by atoms with van der Waals surface area (Å²) in [4.78, 5) is 14.8. The molecule has 2 aromatic rings. The number of para-hydroxylation sites is 1. The highest BCUT2D eigenvalue weighted by molar-refractivity contribution is 6.06. The molecule has 0 radical (unpaired) electrons. The summed E-state index contributed by atoms with van der Waals surface area (Å²) in [5.74, 6) is -0.392. The SMILES string of the molecule is O=C1Nc2ccccc2C12CCN(Cc1cc(O)cc(F)c1)CC2. The number of phenolic OH excluding ortho intramolecular Hbond substituents is 1. The molecule has 1 fully saturated rings. The van der Waals surface area contributed by atoms with Crippen molar-refractivity contribution in [2.24, 2.45) is 0 Å². The number of nitrogens with one attached hydrogen (secondary N) is 1. The van der Waals surface area contributed by atoms with Gasteiger partial charge < -0.3 is 10.4 Å². The number of halogens is 1. The third kappa shape index (κ3) is 2.45. The zero-order valence-electron chi connectivity index (χ0n) is 13.3. The van der Waals surface area contributed by atoms with E-state index in [2.05, 4.69) is 10.2 Å². The van der Waals surface area contributed by atoms with Gasteiger partial charge in [-0.2, -0.15) is 0 Å². The molecule has 24 heavy (non-hydrogen) atoms. The van der Waals surface area contributed by atoms with E-state index in [0.29, 0.717) is 6.54 Å². The van der Waals surface area contributed by atoms with E-state index in [-0.39, 0.29) is 11.7 Å². The molecule has 0 aromatic heterocycles. The number of nitrogens with zero attached hydrogens (tertiary/aromatic N) is 1. The highest BCUT2D eigenvalue weighted by Gasteiger charge is 2.48. The van der Waals surface area contributed by atoms with Crippen molar-refractivity contribution >= 4 is 11.6 Å². The van der Waals surface area contributed by atoms with Crippen LogP contribution in [0.2, 0.25) is 0 Å². The van der Waals surface area contributed by atoms with Crippen molar-refractivity contribution in [1.29, 1.82) is 0 Å². The summed E-state index contributed by atoms with van der Waals surface area (Å²) in [6, 6.07) is 12.0. The molecule has 2 aliphatic rings. The number of carbonyl (C=O) groups is 1. The lowest BCUT2D eigenvalue weighted by atomic mass is 9.73. The lowest BCUT2D eigenvalue weighted by Crippen LogP contribution is -2.46. The second-order valence-electron chi connectivity index (χ2n) is 6.68. The maximum atomic E-state index is 13.4. The van der Waals surface area contributed by atoms with Crippen molar-refractivity contribution < 1.29 is 14.3 Å². The second-order valence-corrected chi connectivity index (χ2v) is 6.68. The zero-order valence-corrected chi connectivity index (χ0v) is 13.3. The van der Waals surface area contributed by atoms with Crippen molar-refractivity contribution in [3.8, 4) is 5.75 Å². The fourth-order valence-corrected chi connectivity index (χ4v) is 3.95. The molecule has 5 heteroatoms. The Labute approximate surface area is 139 Å². The Morgan fingerprint density at radius 1 is 1.17 bits per heavy atom. The van der Waals surface area contributed by atoms with E-state index in [1.54, 1.807) is 6.07 Å². The number of hydrogen-bond acceptors (Lipinski definition) is 3. The monoisotopic (exact) mass is 326 g/mol. The third-order valence-corrected chi connectivity index (χ3v) is 5.18. The molecule has 0 bridgehead atoms. The first-order chi connectivity index (χ1) is 11.6. The fraction of sp³-hybridized carbons (Fsp3) is 0.316. The van der Waals surface area contributed by atoms with Gasteiger partial charge in [-0.25, -0.2) is 4.39 Å². The van der Waals surface area contributed by atoms with Gasteiger partial charge in [0, 0.05) is 18.3 Å². The van der Waals surface area contributed by atoms with Gasteiger partial charge in [-0.1, -0.05) is 18.2 Å². The van der Waals surface area contributed by atoms with E-state index in [1.165, 1.54) is 6.07 Å². The number of likely N-dealkylation sites (tertiary alicyclic amines) is 1. The van der Waals surface area contributed by atoms with Crippen LogP contribution in [0, 0.1) is 5.82 Å². The molecule has 1 saturated heterocycles. The van der Waals surface area contributed by atoms with E-state index in [9.17, 15) is 14.3 Å². The van der Waals surface area contributed by atoms with E-state index >= 15 is 0 Å². The fourth-order valence-electron chi connectivity index (χ4n) is 3.95. The van der Waals surface area contributed by atoms with Crippen LogP contribution in [0.25, 0.3) is 0 Å². The predicted molar refractivity (Wildman–Crippen MR) is 89.3 cm³/mol. The van der Waals surface area contributed by atoms with Crippen molar-refractivity contribution in [3.05, 3.63) is 59.4 Å². The standard InChI is InChI=1S/C19H19FN2O2/c20-14-9-13(10-15(23)11-14)12-22-7-5-19(6-8-22)16-3-1-2-4-17(16)21-18(19)24/h1-4,9-11,23H,5-8,12H2,(H,21,24). The quantitative estimate of drug-likeness (QED) is 0.892. The molecule has 0 atom stereocenters. The normalized spacial score (nSPS) is 19.3. The average Bonchev–Trinajstić information content (AvgIpc) is 2.81. The summed E-state index contributed by atoms with van der Waals surface area (Å²) in [6.45, 7) is 2.10. The van der Waals surface area contributed by atoms with E-state index < -0.39 is 11.2 Å². The Morgan fingerprint density at radius 2 is 1.92 bits per heavy atom. The lowest BCUT2D eigenvalue weighted by molar-refractivity contribution is -0.122. The maximum Gasteiger partial charge on any atom is 0.235 e. The minimum atomic E-state index is -0.433. The number of phenols is 1. The maximum absolute atomic E-state index is 13.4. The predicted octanol–water partition coefficient (Wildman–Crippen LogP) is 3.02. The van der Waals surface area contributed by atoms with Gasteiger partial charge in [0.1, 0.15) is 11.6 Å². The van der Waals surface area contributed by atoms with Crippen molar-refractivity contribution in [1.82, 2.24) is 4.90 Å². The Morgan fingerprint density at radius 3 is 2.67 bits per heavy atom. The van der Waals surface area contributed by atoms with Crippen LogP contribution in [0.4, 0.5) is 10.1 Å². The summed E-state index contributed by atoms with van der Waals surface area (Å²) in [6.07, 6.45) is 1.49.